The monoisotopic (exact) mass is 403 g/mol. The highest BCUT2D eigenvalue weighted by Gasteiger charge is 2.60. The van der Waals surface area contributed by atoms with E-state index >= 15 is 0 Å². The first-order chi connectivity index (χ1) is 13.3. The van der Waals surface area contributed by atoms with Crippen LogP contribution in [0.25, 0.3) is 10.9 Å². The Balaban J connectivity index is 1.73. The summed E-state index contributed by atoms with van der Waals surface area (Å²) < 4.78 is 1.81. The number of carboxylic acids is 1. The summed E-state index contributed by atoms with van der Waals surface area (Å²) >= 11 is 6.79. The summed E-state index contributed by atoms with van der Waals surface area (Å²) in [5.74, 6) is -1.28. The van der Waals surface area contributed by atoms with Crippen LogP contribution < -0.4 is 16.5 Å². The molecule has 148 valence electrons. The zero-order valence-electron chi connectivity index (χ0n) is 15.2. The Morgan fingerprint density at radius 3 is 2.79 bits per heavy atom. The Bertz CT molecular complexity index is 1080. The normalized spacial score (nSPS) is 29.4. The van der Waals surface area contributed by atoms with E-state index < -0.39 is 11.4 Å². The average molecular weight is 404 g/mol. The topological polar surface area (TPSA) is 118 Å². The third-order valence-corrected chi connectivity index (χ3v) is 7.16. The maximum Gasteiger partial charge on any atom is 0.341 e. The van der Waals surface area contributed by atoms with Gasteiger partial charge in [0.25, 0.3) is 0 Å². The summed E-state index contributed by atoms with van der Waals surface area (Å²) in [7, 11) is 0. The number of nitrogens with two attached hydrogens (primary N) is 1. The summed E-state index contributed by atoms with van der Waals surface area (Å²) in [6.07, 6.45) is 4.99. The molecular weight excluding hydrogens is 382 g/mol. The van der Waals surface area contributed by atoms with E-state index in [1.54, 1.807) is 0 Å². The van der Waals surface area contributed by atoms with Crippen LogP contribution in [0.5, 0.6) is 5.75 Å². The number of piperidine rings is 1. The lowest BCUT2D eigenvalue weighted by Crippen LogP contribution is -2.48. The smallest absolute Gasteiger partial charge is 0.341 e. The Morgan fingerprint density at radius 1 is 1.39 bits per heavy atom. The average Bonchev–Trinajstić information content (AvgIpc) is 3.55. The number of fused-ring (bicyclic) bond motifs is 1. The van der Waals surface area contributed by atoms with Crippen molar-refractivity contribution in [2.45, 2.75) is 43.7 Å². The molecule has 1 aromatic carbocycles. The highest BCUT2D eigenvalue weighted by molar-refractivity contribution is 6.36. The zero-order chi connectivity index (χ0) is 19.8. The van der Waals surface area contributed by atoms with E-state index in [4.69, 9.17) is 17.3 Å². The molecule has 7 nitrogen and oxygen atoms in total. The molecule has 5 rings (SSSR count). The van der Waals surface area contributed by atoms with E-state index in [0.29, 0.717) is 16.1 Å². The van der Waals surface area contributed by atoms with Crippen molar-refractivity contribution in [3.8, 4) is 5.75 Å². The van der Waals surface area contributed by atoms with E-state index in [1.807, 2.05) is 4.57 Å². The van der Waals surface area contributed by atoms with Gasteiger partial charge in [0.1, 0.15) is 11.3 Å². The minimum Gasteiger partial charge on any atom is -0.508 e. The second kappa shape index (κ2) is 5.95. The molecule has 3 atom stereocenters. The van der Waals surface area contributed by atoms with Gasteiger partial charge in [-0.15, -0.1) is 0 Å². The molecule has 0 radical (unpaired) electrons. The first-order valence-electron chi connectivity index (χ1n) is 9.65. The van der Waals surface area contributed by atoms with Crippen molar-refractivity contribution in [1.29, 1.82) is 0 Å². The number of nitrogens with zero attached hydrogens (tertiary/aromatic N) is 1. The number of carboxylic acid groups (broad SMARTS) is 1. The minimum absolute atomic E-state index is 0.0163. The molecule has 8 heteroatoms. The number of aromatic hydroxyl groups is 1. The van der Waals surface area contributed by atoms with Crippen molar-refractivity contribution in [3.05, 3.63) is 38.6 Å². The van der Waals surface area contributed by atoms with Crippen molar-refractivity contribution in [2.24, 2.45) is 11.1 Å². The lowest BCUT2D eigenvalue weighted by molar-refractivity contribution is 0.0695. The number of aromatic carboxylic acids is 1. The number of phenolic OH excluding ortho intramolecular Hbond substituents is 1. The summed E-state index contributed by atoms with van der Waals surface area (Å²) in [5.41, 5.74) is 6.54. The summed E-state index contributed by atoms with van der Waals surface area (Å²) in [6.45, 7) is 1.61. The van der Waals surface area contributed by atoms with Gasteiger partial charge in [0.2, 0.25) is 5.43 Å². The number of hydrogen-bond donors (Lipinski definition) is 4. The zero-order valence-corrected chi connectivity index (χ0v) is 16.0. The van der Waals surface area contributed by atoms with Gasteiger partial charge in [-0.25, -0.2) is 4.79 Å². The van der Waals surface area contributed by atoms with Gasteiger partial charge in [-0.1, -0.05) is 11.6 Å². The molecule has 2 saturated carbocycles. The molecule has 1 spiro atoms. The fourth-order valence-corrected chi connectivity index (χ4v) is 5.39. The molecule has 1 aliphatic heterocycles. The second-order valence-electron chi connectivity index (χ2n) is 8.39. The fourth-order valence-electron chi connectivity index (χ4n) is 4.96. The molecule has 2 aliphatic carbocycles. The van der Waals surface area contributed by atoms with Gasteiger partial charge in [-0.05, 0) is 49.6 Å². The molecule has 2 heterocycles. The standard InChI is InChI=1S/C20H22ClN3O4/c21-16-15(12-6-20(12)3-4-23-7-14(20)22)13(25)5-10-17(16)24(9-1-2-9)8-11(18(10)26)19(27)28/h5,8-9,12,14,23,25H,1-4,6-7,22H2,(H,27,28). The first kappa shape index (κ1) is 18.0. The van der Waals surface area contributed by atoms with Gasteiger partial charge in [-0.3, -0.25) is 4.79 Å². The van der Waals surface area contributed by atoms with Crippen LogP contribution in [0, 0.1) is 5.41 Å². The van der Waals surface area contributed by atoms with Crippen LogP contribution in [0.2, 0.25) is 5.02 Å². The molecule has 5 N–H and O–H groups in total. The van der Waals surface area contributed by atoms with E-state index in [2.05, 4.69) is 5.32 Å². The number of hydrogen-bond acceptors (Lipinski definition) is 5. The highest BCUT2D eigenvalue weighted by Crippen LogP contribution is 2.66. The Morgan fingerprint density at radius 2 is 2.14 bits per heavy atom. The van der Waals surface area contributed by atoms with Crippen LogP contribution in [-0.4, -0.2) is 39.9 Å². The number of rotatable bonds is 3. The van der Waals surface area contributed by atoms with Crippen molar-refractivity contribution in [3.63, 3.8) is 0 Å². The molecular formula is C20H22ClN3O4. The third-order valence-electron chi connectivity index (χ3n) is 6.78. The van der Waals surface area contributed by atoms with Crippen molar-refractivity contribution in [1.82, 2.24) is 9.88 Å². The molecule has 3 aliphatic rings. The molecule has 28 heavy (non-hydrogen) atoms. The number of carbonyl (C=O) groups is 1. The Hall–Kier alpha value is -2.09. The van der Waals surface area contributed by atoms with E-state index in [0.717, 1.165) is 38.8 Å². The van der Waals surface area contributed by atoms with Gasteiger partial charge in [0, 0.05) is 30.4 Å². The van der Waals surface area contributed by atoms with Crippen molar-refractivity contribution >= 4 is 28.5 Å². The number of phenols is 1. The molecule has 1 aromatic heterocycles. The number of aromatic nitrogens is 1. The summed E-state index contributed by atoms with van der Waals surface area (Å²) in [4.78, 5) is 24.2. The molecule has 0 bridgehead atoms. The maximum atomic E-state index is 12.7. The lowest BCUT2D eigenvalue weighted by atomic mass is 9.85. The van der Waals surface area contributed by atoms with E-state index in [-0.39, 0.29) is 40.1 Å². The lowest BCUT2D eigenvalue weighted by Gasteiger charge is -2.31. The molecule has 3 unspecified atom stereocenters. The molecule has 3 fully saturated rings. The highest BCUT2D eigenvalue weighted by atomic mass is 35.5. The number of halogens is 1. The van der Waals surface area contributed by atoms with Crippen LogP contribution in [-0.2, 0) is 0 Å². The van der Waals surface area contributed by atoms with Gasteiger partial charge in [-0.2, -0.15) is 0 Å². The second-order valence-corrected chi connectivity index (χ2v) is 8.76. The van der Waals surface area contributed by atoms with Crippen LogP contribution in [0.15, 0.2) is 17.1 Å². The van der Waals surface area contributed by atoms with E-state index in [9.17, 15) is 19.8 Å². The van der Waals surface area contributed by atoms with Crippen LogP contribution in [0.1, 0.15) is 53.6 Å². The largest absolute Gasteiger partial charge is 0.508 e. The molecule has 2 aromatic rings. The van der Waals surface area contributed by atoms with Gasteiger partial charge < -0.3 is 25.8 Å². The third kappa shape index (κ3) is 2.43. The Kier molecular flexibility index (Phi) is 3.82. The maximum absolute atomic E-state index is 12.7. The van der Waals surface area contributed by atoms with Crippen molar-refractivity contribution in [2.75, 3.05) is 13.1 Å². The van der Waals surface area contributed by atoms with Crippen molar-refractivity contribution < 1.29 is 15.0 Å². The van der Waals surface area contributed by atoms with Gasteiger partial charge >= 0.3 is 5.97 Å². The van der Waals surface area contributed by atoms with Gasteiger partial charge in [0.05, 0.1) is 15.9 Å². The predicted octanol–water partition coefficient (Wildman–Crippen LogP) is 2.19. The number of benzene rings is 1. The first-order valence-corrected chi connectivity index (χ1v) is 10.0. The molecule has 0 amide bonds. The SMILES string of the molecule is NC1CNCCC12CC2c1c(O)cc2c(=O)c(C(=O)O)cn(C3CC3)c2c1Cl. The minimum atomic E-state index is -1.28. The van der Waals surface area contributed by atoms with Gasteiger partial charge in [0.15, 0.2) is 0 Å². The van der Waals surface area contributed by atoms with E-state index in [1.165, 1.54) is 12.3 Å². The number of pyridine rings is 1. The predicted molar refractivity (Wildman–Crippen MR) is 105 cm³/mol. The molecule has 1 saturated heterocycles. The quantitative estimate of drug-likeness (QED) is 0.624. The van der Waals surface area contributed by atoms with Crippen LogP contribution in [0.3, 0.4) is 0 Å². The number of nitrogens with one attached hydrogen (secondary N) is 1. The fraction of sp³-hybridized carbons (Fsp3) is 0.500. The summed E-state index contributed by atoms with van der Waals surface area (Å²) in [5, 5.41) is 24.0. The Labute approximate surface area is 166 Å². The summed E-state index contributed by atoms with van der Waals surface area (Å²) in [6, 6.07) is 1.51. The van der Waals surface area contributed by atoms with Crippen LogP contribution >= 0.6 is 11.6 Å². The van der Waals surface area contributed by atoms with Crippen LogP contribution in [0.4, 0.5) is 0 Å².